The highest BCUT2D eigenvalue weighted by Crippen LogP contribution is 2.29. The molecule has 8 nitrogen and oxygen atoms in total. The molecule has 0 saturated heterocycles. The molecule has 8 heteroatoms. The summed E-state index contributed by atoms with van der Waals surface area (Å²) in [5.74, 6) is -0.142. The number of nitrogens with zero attached hydrogens (tertiary/aromatic N) is 5. The van der Waals surface area contributed by atoms with Gasteiger partial charge in [-0.05, 0) is 36.8 Å². The van der Waals surface area contributed by atoms with Gasteiger partial charge >= 0.3 is 0 Å². The third-order valence-electron chi connectivity index (χ3n) is 4.84. The van der Waals surface area contributed by atoms with Gasteiger partial charge < -0.3 is 10.7 Å². The van der Waals surface area contributed by atoms with Crippen LogP contribution in [0.1, 0.15) is 21.7 Å². The van der Waals surface area contributed by atoms with Gasteiger partial charge in [-0.15, -0.1) is 0 Å². The second kappa shape index (κ2) is 5.98. The Hall–Kier alpha value is -4.07. The summed E-state index contributed by atoms with van der Waals surface area (Å²) in [6.07, 6.45) is 8.40. The lowest BCUT2D eigenvalue weighted by Crippen LogP contribution is -2.10. The summed E-state index contributed by atoms with van der Waals surface area (Å²) in [6, 6.07) is 7.34. The van der Waals surface area contributed by atoms with Crippen LogP contribution in [0.4, 0.5) is 5.82 Å². The number of carbonyl (C=O) groups excluding carboxylic acids is 1. The standard InChI is InChI=1S/C20H15N7O/c1-11-13-4-7-23-20(13)24-8-14(11)12-2-3-16-26-19(21)17(27(16)9-12)18(28)15-5-6-22-10-25-15/h2-10H,21H2,1H3,(H,23,24). The fourth-order valence-electron chi connectivity index (χ4n) is 3.43. The van der Waals surface area contributed by atoms with E-state index in [0.717, 1.165) is 27.7 Å². The molecule has 0 unspecified atom stereocenters. The van der Waals surface area contributed by atoms with Crippen molar-refractivity contribution in [3.8, 4) is 11.1 Å². The Balaban J connectivity index is 1.70. The van der Waals surface area contributed by atoms with Gasteiger partial charge in [0.25, 0.3) is 0 Å². The normalized spacial score (nSPS) is 11.3. The zero-order chi connectivity index (χ0) is 19.3. The molecule has 0 aliphatic carbocycles. The molecule has 0 spiro atoms. The monoisotopic (exact) mass is 369 g/mol. The summed E-state index contributed by atoms with van der Waals surface area (Å²) >= 11 is 0. The van der Waals surface area contributed by atoms with Crippen molar-refractivity contribution in [3.05, 3.63) is 72.3 Å². The number of fused-ring (bicyclic) bond motifs is 2. The fourth-order valence-corrected chi connectivity index (χ4v) is 3.43. The number of carbonyl (C=O) groups is 1. The Morgan fingerprint density at radius 1 is 1.18 bits per heavy atom. The molecule has 5 aromatic rings. The van der Waals surface area contributed by atoms with E-state index in [9.17, 15) is 4.79 Å². The van der Waals surface area contributed by atoms with E-state index in [4.69, 9.17) is 5.73 Å². The summed E-state index contributed by atoms with van der Waals surface area (Å²) < 4.78 is 1.70. The van der Waals surface area contributed by atoms with Gasteiger partial charge in [-0.3, -0.25) is 9.20 Å². The lowest BCUT2D eigenvalue weighted by atomic mass is 10.0. The Morgan fingerprint density at radius 3 is 2.89 bits per heavy atom. The number of aryl methyl sites for hydroxylation is 1. The quantitative estimate of drug-likeness (QED) is 0.473. The predicted octanol–water partition coefficient (Wildman–Crippen LogP) is 2.79. The molecule has 0 aromatic carbocycles. The number of anilines is 1. The zero-order valence-corrected chi connectivity index (χ0v) is 14.9. The summed E-state index contributed by atoms with van der Waals surface area (Å²) in [5, 5.41) is 1.06. The van der Waals surface area contributed by atoms with Crippen LogP contribution in [0.3, 0.4) is 0 Å². The first-order valence-corrected chi connectivity index (χ1v) is 8.65. The number of pyridine rings is 2. The van der Waals surface area contributed by atoms with E-state index in [1.807, 2.05) is 43.7 Å². The van der Waals surface area contributed by atoms with Gasteiger partial charge in [-0.25, -0.2) is 19.9 Å². The zero-order valence-electron chi connectivity index (χ0n) is 14.9. The molecule has 0 bridgehead atoms. The first-order valence-electron chi connectivity index (χ1n) is 8.65. The van der Waals surface area contributed by atoms with Crippen LogP contribution in [-0.2, 0) is 0 Å². The summed E-state index contributed by atoms with van der Waals surface area (Å²) in [7, 11) is 0. The molecule has 0 aliphatic rings. The maximum Gasteiger partial charge on any atom is 0.232 e. The minimum atomic E-state index is -0.305. The van der Waals surface area contributed by atoms with Gasteiger partial charge in [-0.2, -0.15) is 0 Å². The number of hydrogen-bond donors (Lipinski definition) is 2. The van der Waals surface area contributed by atoms with E-state index in [1.165, 1.54) is 12.5 Å². The van der Waals surface area contributed by atoms with Crippen molar-refractivity contribution in [2.75, 3.05) is 5.73 Å². The van der Waals surface area contributed by atoms with Crippen LogP contribution in [0.25, 0.3) is 27.8 Å². The van der Waals surface area contributed by atoms with Crippen molar-refractivity contribution in [1.82, 2.24) is 29.3 Å². The number of aromatic nitrogens is 6. The van der Waals surface area contributed by atoms with Gasteiger partial charge in [0.15, 0.2) is 5.82 Å². The lowest BCUT2D eigenvalue weighted by molar-refractivity contribution is 0.102. The number of H-pyrrole nitrogens is 1. The second-order valence-electron chi connectivity index (χ2n) is 6.45. The van der Waals surface area contributed by atoms with Gasteiger partial charge in [0.1, 0.15) is 29.0 Å². The molecule has 0 atom stereocenters. The molecule has 0 radical (unpaired) electrons. The fraction of sp³-hybridized carbons (Fsp3) is 0.0500. The van der Waals surface area contributed by atoms with Crippen LogP contribution in [0, 0.1) is 6.92 Å². The smallest absolute Gasteiger partial charge is 0.232 e. The average Bonchev–Trinajstić information content (AvgIpc) is 3.32. The molecular formula is C20H15N7O. The molecule has 5 heterocycles. The van der Waals surface area contributed by atoms with E-state index in [0.29, 0.717) is 5.65 Å². The first kappa shape index (κ1) is 16.1. The highest BCUT2D eigenvalue weighted by atomic mass is 16.1. The predicted molar refractivity (Wildman–Crippen MR) is 105 cm³/mol. The largest absolute Gasteiger partial charge is 0.382 e. The van der Waals surface area contributed by atoms with Crippen LogP contribution < -0.4 is 5.73 Å². The Bertz CT molecular complexity index is 1350. The van der Waals surface area contributed by atoms with Crippen molar-refractivity contribution < 1.29 is 4.79 Å². The van der Waals surface area contributed by atoms with Crippen LogP contribution in [0.5, 0.6) is 0 Å². The maximum absolute atomic E-state index is 12.9. The molecule has 136 valence electrons. The van der Waals surface area contributed by atoms with Gasteiger partial charge in [0.05, 0.1) is 0 Å². The lowest BCUT2D eigenvalue weighted by Gasteiger charge is -2.08. The summed E-state index contributed by atoms with van der Waals surface area (Å²) in [5.41, 5.74) is 11.0. The van der Waals surface area contributed by atoms with Gasteiger partial charge in [0, 0.05) is 41.3 Å². The number of nitrogens with two attached hydrogens (primary N) is 1. The molecule has 0 amide bonds. The number of imidazole rings is 1. The third-order valence-corrected chi connectivity index (χ3v) is 4.84. The Morgan fingerprint density at radius 2 is 2.07 bits per heavy atom. The van der Waals surface area contributed by atoms with E-state index < -0.39 is 0 Å². The molecule has 0 fully saturated rings. The number of ketones is 1. The van der Waals surface area contributed by atoms with E-state index in [-0.39, 0.29) is 23.0 Å². The highest BCUT2D eigenvalue weighted by molar-refractivity contribution is 6.10. The second-order valence-corrected chi connectivity index (χ2v) is 6.45. The average molecular weight is 369 g/mol. The van der Waals surface area contributed by atoms with Crippen LogP contribution in [-0.4, -0.2) is 35.1 Å². The van der Waals surface area contributed by atoms with E-state index in [2.05, 4.69) is 24.9 Å². The number of nitrogens with one attached hydrogen (secondary N) is 1. The van der Waals surface area contributed by atoms with Crippen molar-refractivity contribution in [1.29, 1.82) is 0 Å². The van der Waals surface area contributed by atoms with E-state index >= 15 is 0 Å². The molecule has 5 rings (SSSR count). The van der Waals surface area contributed by atoms with E-state index in [1.54, 1.807) is 10.5 Å². The summed E-state index contributed by atoms with van der Waals surface area (Å²) in [6.45, 7) is 2.05. The summed E-state index contributed by atoms with van der Waals surface area (Å²) in [4.78, 5) is 32.7. The van der Waals surface area contributed by atoms with Crippen LogP contribution in [0.2, 0.25) is 0 Å². The molecule has 28 heavy (non-hydrogen) atoms. The molecular weight excluding hydrogens is 354 g/mol. The molecule has 0 saturated carbocycles. The van der Waals surface area contributed by atoms with Crippen LogP contribution >= 0.6 is 0 Å². The molecule has 3 N–H and O–H groups in total. The number of rotatable bonds is 3. The SMILES string of the molecule is Cc1c(-c2ccc3nc(N)c(C(=O)c4ccncn4)n3c2)cnc2[nH]ccc12. The number of hydrogen-bond acceptors (Lipinski definition) is 6. The minimum Gasteiger partial charge on any atom is -0.382 e. The maximum atomic E-state index is 12.9. The molecule has 5 aromatic heterocycles. The van der Waals surface area contributed by atoms with Crippen molar-refractivity contribution >= 4 is 28.3 Å². The van der Waals surface area contributed by atoms with Gasteiger partial charge in [0.2, 0.25) is 5.78 Å². The van der Waals surface area contributed by atoms with Gasteiger partial charge in [-0.1, -0.05) is 0 Å². The Labute approximate surface area is 159 Å². The number of aromatic amines is 1. The molecule has 0 aliphatic heterocycles. The van der Waals surface area contributed by atoms with Crippen molar-refractivity contribution in [2.45, 2.75) is 6.92 Å². The minimum absolute atomic E-state index is 0.164. The third kappa shape index (κ3) is 2.35. The van der Waals surface area contributed by atoms with Crippen molar-refractivity contribution in [2.24, 2.45) is 0 Å². The van der Waals surface area contributed by atoms with Crippen molar-refractivity contribution in [3.63, 3.8) is 0 Å². The van der Waals surface area contributed by atoms with Crippen LogP contribution in [0.15, 0.2) is 55.4 Å². The topological polar surface area (TPSA) is 115 Å². The first-order chi connectivity index (χ1) is 13.6. The highest BCUT2D eigenvalue weighted by Gasteiger charge is 2.21. The number of nitrogen functional groups attached to an aromatic ring is 1. The Kier molecular flexibility index (Phi) is 3.45.